The van der Waals surface area contributed by atoms with Gasteiger partial charge in [0, 0.05) is 32.5 Å². The van der Waals surface area contributed by atoms with E-state index in [1.165, 1.54) is 0 Å². The van der Waals surface area contributed by atoms with E-state index in [4.69, 9.17) is 4.74 Å². The first-order valence-corrected chi connectivity index (χ1v) is 9.37. The molecule has 0 bridgehead atoms. The third-order valence-corrected chi connectivity index (χ3v) is 5.65. The van der Waals surface area contributed by atoms with E-state index < -0.39 is 0 Å². The molecule has 6 nitrogen and oxygen atoms in total. The molecule has 0 aromatic carbocycles. The summed E-state index contributed by atoms with van der Waals surface area (Å²) in [5.74, 6) is 0.714. The van der Waals surface area contributed by atoms with Crippen molar-refractivity contribution in [2.75, 3.05) is 46.3 Å². The lowest BCUT2D eigenvalue weighted by Gasteiger charge is -2.38. The molecule has 2 fully saturated rings. The van der Waals surface area contributed by atoms with Crippen LogP contribution < -0.4 is 0 Å². The van der Waals surface area contributed by atoms with Gasteiger partial charge in [-0.1, -0.05) is 33.6 Å². The Balaban J connectivity index is 1.87. The summed E-state index contributed by atoms with van der Waals surface area (Å²) < 4.78 is 5.76. The molecule has 0 radical (unpaired) electrons. The van der Waals surface area contributed by atoms with Crippen LogP contribution in [0.2, 0.25) is 0 Å². The van der Waals surface area contributed by atoms with Crippen LogP contribution in [0.4, 0.5) is 4.79 Å². The Labute approximate surface area is 146 Å². The summed E-state index contributed by atoms with van der Waals surface area (Å²) >= 11 is 0. The molecule has 138 valence electrons. The van der Waals surface area contributed by atoms with Crippen molar-refractivity contribution in [2.45, 2.75) is 52.1 Å². The second-order valence-corrected chi connectivity index (χ2v) is 7.33. The largest absolute Gasteiger partial charge is 0.441 e. The minimum absolute atomic E-state index is 0.174. The van der Waals surface area contributed by atoms with Gasteiger partial charge in [0.15, 0.2) is 0 Å². The molecule has 0 N–H and O–H groups in total. The quantitative estimate of drug-likeness (QED) is 0.713. The molecule has 2 amide bonds. The van der Waals surface area contributed by atoms with Gasteiger partial charge in [0.25, 0.3) is 0 Å². The summed E-state index contributed by atoms with van der Waals surface area (Å²) in [5.41, 5.74) is -0.378. The van der Waals surface area contributed by atoms with Crippen molar-refractivity contribution in [3.8, 4) is 0 Å². The van der Waals surface area contributed by atoms with Gasteiger partial charge in [-0.3, -0.25) is 9.69 Å². The molecule has 0 unspecified atom stereocenters. The van der Waals surface area contributed by atoms with E-state index in [0.29, 0.717) is 32.1 Å². The van der Waals surface area contributed by atoms with E-state index >= 15 is 0 Å². The van der Waals surface area contributed by atoms with Crippen LogP contribution in [0.3, 0.4) is 0 Å². The van der Waals surface area contributed by atoms with Crippen molar-refractivity contribution in [1.29, 1.82) is 0 Å². The van der Waals surface area contributed by atoms with E-state index in [1.807, 2.05) is 28.7 Å². The fourth-order valence-corrected chi connectivity index (χ4v) is 3.56. The predicted octanol–water partition coefficient (Wildman–Crippen LogP) is 2.19. The molecule has 0 aromatic rings. The number of hydrogen-bond donors (Lipinski definition) is 0. The van der Waals surface area contributed by atoms with Gasteiger partial charge in [0.2, 0.25) is 5.91 Å². The zero-order valence-electron chi connectivity index (χ0n) is 15.7. The van der Waals surface area contributed by atoms with Gasteiger partial charge in [-0.25, -0.2) is 4.79 Å². The highest BCUT2D eigenvalue weighted by Gasteiger charge is 2.47. The Kier molecular flexibility index (Phi) is 6.49. The molecular formula is C18H33N3O3. The minimum Gasteiger partial charge on any atom is -0.441 e. The Morgan fingerprint density at radius 1 is 1.25 bits per heavy atom. The third-order valence-electron chi connectivity index (χ3n) is 5.65. The van der Waals surface area contributed by atoms with Crippen molar-refractivity contribution in [1.82, 2.24) is 14.7 Å². The average molecular weight is 339 g/mol. The Hall–Kier alpha value is -1.30. The van der Waals surface area contributed by atoms with Crippen LogP contribution in [0, 0.1) is 5.92 Å². The van der Waals surface area contributed by atoms with E-state index in [2.05, 4.69) is 13.8 Å². The van der Waals surface area contributed by atoms with Crippen molar-refractivity contribution in [3.05, 3.63) is 0 Å². The fraction of sp³-hybridized carbons (Fsp3) is 0.889. The normalized spacial score (nSPS) is 20.3. The van der Waals surface area contributed by atoms with Crippen LogP contribution in [-0.2, 0) is 9.53 Å². The van der Waals surface area contributed by atoms with Crippen LogP contribution in [0.5, 0.6) is 0 Å². The number of carbonyl (C=O) groups is 2. The standard InChI is InChI=1S/C18H33N3O3/c1-5-15(6-2)12-21-14-18(24-17(21)23)8-10-20(11-9-18)16(22)13-19(4)7-3/h15H,5-14H2,1-4H3. The van der Waals surface area contributed by atoms with Gasteiger partial charge >= 0.3 is 6.09 Å². The van der Waals surface area contributed by atoms with Gasteiger partial charge in [0.1, 0.15) is 5.60 Å². The van der Waals surface area contributed by atoms with Crippen LogP contribution >= 0.6 is 0 Å². The van der Waals surface area contributed by atoms with E-state index in [-0.39, 0.29) is 17.6 Å². The van der Waals surface area contributed by atoms with E-state index in [0.717, 1.165) is 38.8 Å². The number of piperidine rings is 1. The molecule has 0 saturated carbocycles. The average Bonchev–Trinajstić information content (AvgIpc) is 2.88. The zero-order valence-corrected chi connectivity index (χ0v) is 15.7. The number of likely N-dealkylation sites (N-methyl/N-ethyl adjacent to an activating group) is 1. The number of amides is 2. The number of carbonyl (C=O) groups excluding carboxylic acids is 2. The number of nitrogens with zero attached hydrogens (tertiary/aromatic N) is 3. The zero-order chi connectivity index (χ0) is 17.7. The van der Waals surface area contributed by atoms with Gasteiger partial charge in [-0.05, 0) is 19.5 Å². The highest BCUT2D eigenvalue weighted by atomic mass is 16.6. The minimum atomic E-state index is -0.378. The summed E-state index contributed by atoms with van der Waals surface area (Å²) in [6.07, 6.45) is 3.49. The van der Waals surface area contributed by atoms with E-state index in [1.54, 1.807) is 0 Å². The Morgan fingerprint density at radius 2 is 1.88 bits per heavy atom. The summed E-state index contributed by atoms with van der Waals surface area (Å²) in [7, 11) is 1.96. The van der Waals surface area contributed by atoms with Crippen molar-refractivity contribution >= 4 is 12.0 Å². The SMILES string of the molecule is CCC(CC)CN1CC2(CCN(C(=O)CN(C)CC)CC2)OC1=O. The second kappa shape index (κ2) is 8.19. The summed E-state index contributed by atoms with van der Waals surface area (Å²) in [6, 6.07) is 0. The number of hydrogen-bond acceptors (Lipinski definition) is 4. The highest BCUT2D eigenvalue weighted by molar-refractivity contribution is 5.78. The van der Waals surface area contributed by atoms with Gasteiger partial charge in [-0.2, -0.15) is 0 Å². The predicted molar refractivity (Wildman–Crippen MR) is 93.8 cm³/mol. The molecule has 2 heterocycles. The lowest BCUT2D eigenvalue weighted by atomic mass is 9.91. The maximum Gasteiger partial charge on any atom is 0.410 e. The molecular weight excluding hydrogens is 306 g/mol. The Morgan fingerprint density at radius 3 is 2.42 bits per heavy atom. The van der Waals surface area contributed by atoms with Crippen molar-refractivity contribution in [2.24, 2.45) is 5.92 Å². The van der Waals surface area contributed by atoms with E-state index in [9.17, 15) is 9.59 Å². The summed E-state index contributed by atoms with van der Waals surface area (Å²) in [6.45, 7) is 10.5. The first kappa shape index (κ1) is 19.0. The first-order chi connectivity index (χ1) is 11.4. The molecule has 24 heavy (non-hydrogen) atoms. The van der Waals surface area contributed by atoms with Crippen molar-refractivity contribution < 1.29 is 14.3 Å². The fourth-order valence-electron chi connectivity index (χ4n) is 3.56. The molecule has 2 saturated heterocycles. The molecule has 2 aliphatic heterocycles. The molecule has 0 atom stereocenters. The van der Waals surface area contributed by atoms with Gasteiger partial charge < -0.3 is 14.5 Å². The molecule has 2 rings (SSSR count). The Bertz CT molecular complexity index is 443. The molecule has 0 aliphatic carbocycles. The molecule has 1 spiro atoms. The lowest BCUT2D eigenvalue weighted by Crippen LogP contribution is -2.50. The van der Waals surface area contributed by atoms with Gasteiger partial charge in [0.05, 0.1) is 13.1 Å². The van der Waals surface area contributed by atoms with Crippen LogP contribution in [0.1, 0.15) is 46.5 Å². The maximum atomic E-state index is 12.3. The third kappa shape index (κ3) is 4.41. The van der Waals surface area contributed by atoms with Crippen LogP contribution in [-0.4, -0.2) is 78.6 Å². The molecule has 2 aliphatic rings. The topological polar surface area (TPSA) is 53.1 Å². The molecule has 0 aromatic heterocycles. The van der Waals surface area contributed by atoms with Gasteiger partial charge in [-0.15, -0.1) is 0 Å². The highest BCUT2D eigenvalue weighted by Crippen LogP contribution is 2.34. The second-order valence-electron chi connectivity index (χ2n) is 7.33. The van der Waals surface area contributed by atoms with Crippen molar-refractivity contribution in [3.63, 3.8) is 0 Å². The maximum absolute atomic E-state index is 12.3. The summed E-state index contributed by atoms with van der Waals surface area (Å²) in [5, 5.41) is 0. The number of rotatable bonds is 7. The van der Waals surface area contributed by atoms with Crippen LogP contribution in [0.15, 0.2) is 0 Å². The monoisotopic (exact) mass is 339 g/mol. The lowest BCUT2D eigenvalue weighted by molar-refractivity contribution is -0.135. The smallest absolute Gasteiger partial charge is 0.410 e. The summed E-state index contributed by atoms with van der Waals surface area (Å²) in [4.78, 5) is 30.3. The van der Waals surface area contributed by atoms with Crippen LogP contribution in [0.25, 0.3) is 0 Å². The molecule has 6 heteroatoms. The number of ether oxygens (including phenoxy) is 1. The number of likely N-dealkylation sites (tertiary alicyclic amines) is 1. The first-order valence-electron chi connectivity index (χ1n) is 9.37.